The molecule has 0 spiro atoms. The molecule has 4 fully saturated rings. The fourth-order valence-corrected chi connectivity index (χ4v) is 5.46. The van der Waals surface area contributed by atoms with E-state index in [1.807, 2.05) is 6.07 Å². The monoisotopic (exact) mass is 393 g/mol. The highest BCUT2D eigenvalue weighted by Crippen LogP contribution is 2.49. The molecule has 28 heavy (non-hydrogen) atoms. The summed E-state index contributed by atoms with van der Waals surface area (Å²) in [5.41, 5.74) is -0.00640. The number of benzene rings is 1. The minimum atomic E-state index is -4.30. The van der Waals surface area contributed by atoms with Crippen molar-refractivity contribution in [3.8, 4) is 0 Å². The van der Waals surface area contributed by atoms with Crippen LogP contribution in [-0.2, 0) is 16.3 Å². The van der Waals surface area contributed by atoms with Crippen LogP contribution < -0.4 is 5.32 Å². The maximum Gasteiger partial charge on any atom is 0.416 e. The Labute approximate surface area is 163 Å². The van der Waals surface area contributed by atoms with Gasteiger partial charge in [0.1, 0.15) is 0 Å². The molecule has 0 amide bonds. The molecule has 4 aliphatic rings. The van der Waals surface area contributed by atoms with Crippen molar-refractivity contribution in [3.05, 3.63) is 35.4 Å². The Morgan fingerprint density at radius 1 is 1.21 bits per heavy atom. The molecule has 7 heteroatoms. The van der Waals surface area contributed by atoms with Crippen molar-refractivity contribution in [1.29, 1.82) is 0 Å². The Hall–Kier alpha value is -1.76. The molecule has 5 rings (SSSR count). The summed E-state index contributed by atoms with van der Waals surface area (Å²) in [4.78, 5) is 6.77. The zero-order chi connectivity index (χ0) is 19.5. The summed E-state index contributed by atoms with van der Waals surface area (Å²) in [7, 11) is 1.78. The van der Waals surface area contributed by atoms with E-state index in [1.54, 1.807) is 7.05 Å². The summed E-state index contributed by atoms with van der Waals surface area (Å²) in [6.45, 7) is 2.54. The van der Waals surface area contributed by atoms with Crippen LogP contribution in [0.4, 0.5) is 13.2 Å². The first-order valence-electron chi connectivity index (χ1n) is 10.2. The van der Waals surface area contributed by atoms with Crippen LogP contribution in [0.25, 0.3) is 0 Å². The van der Waals surface area contributed by atoms with Gasteiger partial charge in [0.05, 0.1) is 17.8 Å². The van der Waals surface area contributed by atoms with Gasteiger partial charge < -0.3 is 15.0 Å². The Kier molecular flexibility index (Phi) is 4.16. The molecule has 1 saturated carbocycles. The van der Waals surface area contributed by atoms with Crippen molar-refractivity contribution in [2.24, 2.45) is 16.8 Å². The Balaban J connectivity index is 1.26. The van der Waals surface area contributed by atoms with Gasteiger partial charge in [0.2, 0.25) is 0 Å². The molecule has 1 aliphatic carbocycles. The summed E-state index contributed by atoms with van der Waals surface area (Å²) < 4.78 is 45.3. The van der Waals surface area contributed by atoms with Crippen LogP contribution in [0.5, 0.6) is 0 Å². The molecular weight excluding hydrogens is 367 g/mol. The number of nitrogens with zero attached hydrogens (tertiary/aromatic N) is 2. The Morgan fingerprint density at radius 3 is 2.46 bits per heavy atom. The molecular formula is C21H26F3N3O. The lowest BCUT2D eigenvalue weighted by atomic mass is 9.82. The minimum Gasteiger partial charge on any atom is -0.374 e. The lowest BCUT2D eigenvalue weighted by Gasteiger charge is -2.26. The lowest BCUT2D eigenvalue weighted by Crippen LogP contribution is -2.44. The van der Waals surface area contributed by atoms with Gasteiger partial charge in [-0.15, -0.1) is 0 Å². The van der Waals surface area contributed by atoms with Gasteiger partial charge in [-0.05, 0) is 37.3 Å². The van der Waals surface area contributed by atoms with Crippen molar-refractivity contribution >= 4 is 5.96 Å². The van der Waals surface area contributed by atoms with Crippen LogP contribution in [0.15, 0.2) is 29.3 Å². The van der Waals surface area contributed by atoms with E-state index in [4.69, 9.17) is 4.74 Å². The number of aliphatic imine (C=N–C) groups is 1. The molecule has 4 unspecified atom stereocenters. The highest BCUT2D eigenvalue weighted by atomic mass is 19.4. The largest absolute Gasteiger partial charge is 0.416 e. The average molecular weight is 393 g/mol. The maximum atomic E-state index is 13.1. The van der Waals surface area contributed by atoms with Gasteiger partial charge in [0.15, 0.2) is 5.96 Å². The van der Waals surface area contributed by atoms with E-state index >= 15 is 0 Å². The summed E-state index contributed by atoms with van der Waals surface area (Å²) in [6, 6.07) is 5.80. The molecule has 4 nitrogen and oxygen atoms in total. The minimum absolute atomic E-state index is 0.213. The van der Waals surface area contributed by atoms with Crippen molar-refractivity contribution in [2.45, 2.75) is 49.5 Å². The van der Waals surface area contributed by atoms with Crippen molar-refractivity contribution in [3.63, 3.8) is 0 Å². The predicted octanol–water partition coefficient (Wildman–Crippen LogP) is 3.42. The Morgan fingerprint density at radius 2 is 1.89 bits per heavy atom. The molecule has 1 aromatic rings. The van der Waals surface area contributed by atoms with Gasteiger partial charge in [-0.3, -0.25) is 4.99 Å². The van der Waals surface area contributed by atoms with E-state index in [-0.39, 0.29) is 5.41 Å². The van der Waals surface area contributed by atoms with Crippen LogP contribution in [0.3, 0.4) is 0 Å². The highest BCUT2D eigenvalue weighted by Gasteiger charge is 2.53. The number of ether oxygens (including phenoxy) is 1. The summed E-state index contributed by atoms with van der Waals surface area (Å²) in [6.07, 6.45) is 0.651. The smallest absolute Gasteiger partial charge is 0.374 e. The lowest BCUT2D eigenvalue weighted by molar-refractivity contribution is -0.137. The number of alkyl halides is 3. The number of likely N-dealkylation sites (tertiary alicyclic amines) is 1. The number of guanidine groups is 1. The maximum absolute atomic E-state index is 13.1. The zero-order valence-corrected chi connectivity index (χ0v) is 16.0. The van der Waals surface area contributed by atoms with Crippen LogP contribution in [-0.4, -0.2) is 49.7 Å². The summed E-state index contributed by atoms with van der Waals surface area (Å²) >= 11 is 0. The third-order valence-electron chi connectivity index (χ3n) is 7.20. The first-order valence-corrected chi connectivity index (χ1v) is 10.2. The quantitative estimate of drug-likeness (QED) is 0.632. The van der Waals surface area contributed by atoms with Crippen molar-refractivity contribution in [1.82, 2.24) is 10.2 Å². The molecule has 3 saturated heterocycles. The highest BCUT2D eigenvalue weighted by molar-refractivity contribution is 5.80. The first kappa shape index (κ1) is 18.3. The van der Waals surface area contributed by atoms with Gasteiger partial charge in [-0.2, -0.15) is 13.2 Å². The van der Waals surface area contributed by atoms with Crippen LogP contribution in [0.2, 0.25) is 0 Å². The molecule has 0 radical (unpaired) electrons. The normalized spacial score (nSPS) is 33.3. The average Bonchev–Trinajstić information content (AvgIpc) is 3.02. The van der Waals surface area contributed by atoms with E-state index in [1.165, 1.54) is 25.0 Å². The molecule has 2 bridgehead atoms. The van der Waals surface area contributed by atoms with Crippen molar-refractivity contribution < 1.29 is 17.9 Å². The second-order valence-corrected chi connectivity index (χ2v) is 8.78. The van der Waals surface area contributed by atoms with Crippen molar-refractivity contribution in [2.75, 3.05) is 26.7 Å². The molecule has 1 aromatic carbocycles. The topological polar surface area (TPSA) is 36.9 Å². The van der Waals surface area contributed by atoms with E-state index in [9.17, 15) is 13.2 Å². The van der Waals surface area contributed by atoms with E-state index in [0.29, 0.717) is 30.6 Å². The van der Waals surface area contributed by atoms with Crippen LogP contribution >= 0.6 is 0 Å². The van der Waals surface area contributed by atoms with Crippen LogP contribution in [0, 0.1) is 11.8 Å². The van der Waals surface area contributed by atoms with Gasteiger partial charge in [0.25, 0.3) is 0 Å². The van der Waals surface area contributed by atoms with E-state index in [0.717, 1.165) is 43.5 Å². The zero-order valence-electron chi connectivity index (χ0n) is 16.0. The number of nitrogens with one attached hydrogen (secondary N) is 1. The summed E-state index contributed by atoms with van der Waals surface area (Å²) in [5, 5.41) is 3.46. The number of rotatable bonds is 3. The molecule has 3 aliphatic heterocycles. The van der Waals surface area contributed by atoms with Gasteiger partial charge in [-0.25, -0.2) is 0 Å². The third kappa shape index (κ3) is 2.98. The third-order valence-corrected chi connectivity index (χ3v) is 7.20. The number of hydrogen-bond acceptors (Lipinski definition) is 2. The molecule has 3 heterocycles. The second-order valence-electron chi connectivity index (χ2n) is 8.78. The molecule has 4 atom stereocenters. The van der Waals surface area contributed by atoms with E-state index < -0.39 is 11.7 Å². The van der Waals surface area contributed by atoms with Gasteiger partial charge >= 0.3 is 6.18 Å². The van der Waals surface area contributed by atoms with Crippen LogP contribution in [0.1, 0.15) is 36.8 Å². The van der Waals surface area contributed by atoms with Gasteiger partial charge in [0, 0.05) is 43.9 Å². The fraction of sp³-hybridized carbons (Fsp3) is 0.667. The summed E-state index contributed by atoms with van der Waals surface area (Å²) in [5.74, 6) is 2.05. The van der Waals surface area contributed by atoms with Gasteiger partial charge in [-0.1, -0.05) is 18.2 Å². The first-order chi connectivity index (χ1) is 13.4. The second kappa shape index (κ2) is 6.37. The predicted molar refractivity (Wildman–Crippen MR) is 100 cm³/mol. The SMILES string of the molecule is CN=C(NCC1(c2cccc(C(F)(F)F)c2)CC1)N1CC2C3CCC(O3)C2C1. The standard InChI is InChI=1S/C21H26F3N3O/c1-25-19(27-10-15-16(11-27)18-6-5-17(15)28-18)26-12-20(7-8-20)13-3-2-4-14(9-13)21(22,23)24/h2-4,9,15-18H,5-8,10-12H2,1H3,(H,25,26). The fourth-order valence-electron chi connectivity index (χ4n) is 5.46. The van der Waals surface area contributed by atoms with E-state index in [2.05, 4.69) is 15.2 Å². The molecule has 152 valence electrons. The molecule has 1 N–H and O–H groups in total. The molecule has 0 aromatic heterocycles. The number of halogens is 3. The Bertz CT molecular complexity index is 771. The number of fused-ring (bicyclic) bond motifs is 5. The number of hydrogen-bond donors (Lipinski definition) is 1.